The van der Waals surface area contributed by atoms with Crippen molar-refractivity contribution >= 4 is 11.7 Å². The lowest BCUT2D eigenvalue weighted by atomic mass is 10.00. The first-order valence-electron chi connectivity index (χ1n) is 8.34. The molecule has 1 saturated carbocycles. The molecule has 1 N–H and O–H groups in total. The Morgan fingerprint density at radius 1 is 1.38 bits per heavy atom. The van der Waals surface area contributed by atoms with E-state index in [1.165, 1.54) is 0 Å². The maximum absolute atomic E-state index is 12.4. The van der Waals surface area contributed by atoms with E-state index in [0.29, 0.717) is 24.7 Å². The van der Waals surface area contributed by atoms with Gasteiger partial charge in [0.1, 0.15) is 0 Å². The summed E-state index contributed by atoms with van der Waals surface area (Å²) in [7, 11) is 0. The summed E-state index contributed by atoms with van der Waals surface area (Å²) in [5.74, 6) is 1.16. The minimum atomic E-state index is 0.0367. The second-order valence-electron chi connectivity index (χ2n) is 6.31. The number of anilines is 1. The summed E-state index contributed by atoms with van der Waals surface area (Å²) in [6.07, 6.45) is 9.59. The van der Waals surface area contributed by atoms with Crippen molar-refractivity contribution in [3.8, 4) is 6.07 Å². The van der Waals surface area contributed by atoms with E-state index in [-0.39, 0.29) is 11.8 Å². The number of nitrogens with one attached hydrogen (secondary N) is 1. The van der Waals surface area contributed by atoms with E-state index in [2.05, 4.69) is 21.4 Å². The summed E-state index contributed by atoms with van der Waals surface area (Å²) in [6, 6.07) is 7.97. The molecule has 0 spiro atoms. The summed E-state index contributed by atoms with van der Waals surface area (Å²) in [5, 5.41) is 11.6. The van der Waals surface area contributed by atoms with Crippen LogP contribution in [0, 0.1) is 23.2 Å². The highest BCUT2D eigenvalue weighted by molar-refractivity contribution is 5.91. The topological polar surface area (TPSA) is 83.6 Å². The molecule has 1 amide bonds. The van der Waals surface area contributed by atoms with Gasteiger partial charge in [-0.15, -0.1) is 0 Å². The summed E-state index contributed by atoms with van der Waals surface area (Å²) >= 11 is 0. The van der Waals surface area contributed by atoms with Crippen molar-refractivity contribution in [2.45, 2.75) is 38.6 Å². The Hall–Kier alpha value is -2.68. The summed E-state index contributed by atoms with van der Waals surface area (Å²) in [6.45, 7) is 0.628. The van der Waals surface area contributed by atoms with E-state index in [9.17, 15) is 4.79 Å². The van der Waals surface area contributed by atoms with Crippen LogP contribution in [0.5, 0.6) is 0 Å². The number of nitrogens with zero attached hydrogens (tertiary/aromatic N) is 4. The number of carbonyl (C=O) groups excluding carboxylic acids is 1. The van der Waals surface area contributed by atoms with Crippen molar-refractivity contribution in [2.24, 2.45) is 11.8 Å². The summed E-state index contributed by atoms with van der Waals surface area (Å²) < 4.78 is 1.91. The van der Waals surface area contributed by atoms with Crippen LogP contribution in [-0.2, 0) is 11.3 Å². The van der Waals surface area contributed by atoms with E-state index < -0.39 is 0 Å². The molecule has 1 unspecified atom stereocenters. The van der Waals surface area contributed by atoms with E-state index in [1.807, 2.05) is 29.0 Å². The van der Waals surface area contributed by atoms with Crippen LogP contribution in [-0.4, -0.2) is 20.4 Å². The predicted octanol–water partition coefficient (Wildman–Crippen LogP) is 2.98. The molecule has 2 aromatic rings. The van der Waals surface area contributed by atoms with Crippen LogP contribution in [0.25, 0.3) is 0 Å². The Morgan fingerprint density at radius 3 is 3.08 bits per heavy atom. The van der Waals surface area contributed by atoms with Crippen molar-refractivity contribution in [2.75, 3.05) is 5.32 Å². The van der Waals surface area contributed by atoms with Gasteiger partial charge < -0.3 is 9.88 Å². The molecule has 2 aromatic heterocycles. The molecule has 124 valence electrons. The lowest BCUT2D eigenvalue weighted by molar-refractivity contribution is -0.119. The van der Waals surface area contributed by atoms with Gasteiger partial charge in [0.25, 0.3) is 0 Å². The Morgan fingerprint density at radius 2 is 2.29 bits per heavy atom. The van der Waals surface area contributed by atoms with Gasteiger partial charge in [-0.1, -0.05) is 6.07 Å². The van der Waals surface area contributed by atoms with E-state index in [4.69, 9.17) is 5.26 Å². The highest BCUT2D eigenvalue weighted by Crippen LogP contribution is 2.34. The number of imidazole rings is 1. The first-order chi connectivity index (χ1) is 11.7. The quantitative estimate of drug-likeness (QED) is 0.885. The van der Waals surface area contributed by atoms with Gasteiger partial charge in [0.05, 0.1) is 24.6 Å². The number of nitriles is 1. The third kappa shape index (κ3) is 4.19. The lowest BCUT2D eigenvalue weighted by Crippen LogP contribution is -2.21. The highest BCUT2D eigenvalue weighted by atomic mass is 16.1. The predicted molar refractivity (Wildman–Crippen MR) is 89.9 cm³/mol. The third-order valence-electron chi connectivity index (χ3n) is 4.53. The zero-order chi connectivity index (χ0) is 16.8. The number of hydrogen-bond donors (Lipinski definition) is 1. The van der Waals surface area contributed by atoms with Crippen LogP contribution in [0.4, 0.5) is 5.82 Å². The van der Waals surface area contributed by atoms with Gasteiger partial charge in [0.15, 0.2) is 5.82 Å². The third-order valence-corrected chi connectivity index (χ3v) is 4.53. The smallest absolute Gasteiger partial charge is 0.228 e. The Bertz CT molecular complexity index is 719. The highest BCUT2D eigenvalue weighted by Gasteiger charge is 2.29. The largest absolute Gasteiger partial charge is 0.329 e. The van der Waals surface area contributed by atoms with Crippen LogP contribution >= 0.6 is 0 Å². The van der Waals surface area contributed by atoms with Gasteiger partial charge in [0.2, 0.25) is 5.91 Å². The normalized spacial score (nSPS) is 19.8. The van der Waals surface area contributed by atoms with Crippen LogP contribution in [0.2, 0.25) is 0 Å². The maximum Gasteiger partial charge on any atom is 0.228 e. The van der Waals surface area contributed by atoms with Crippen LogP contribution < -0.4 is 5.32 Å². The van der Waals surface area contributed by atoms with Crippen molar-refractivity contribution in [3.63, 3.8) is 0 Å². The summed E-state index contributed by atoms with van der Waals surface area (Å²) in [5.41, 5.74) is 0.948. The van der Waals surface area contributed by atoms with Gasteiger partial charge in [-0.3, -0.25) is 9.78 Å². The number of carbonyl (C=O) groups is 1. The molecule has 2 heterocycles. The van der Waals surface area contributed by atoms with Gasteiger partial charge >= 0.3 is 0 Å². The first kappa shape index (κ1) is 16.2. The van der Waals surface area contributed by atoms with Gasteiger partial charge in [-0.05, 0) is 43.7 Å². The molecule has 0 radical (unpaired) electrons. The molecular formula is C18H21N5O. The van der Waals surface area contributed by atoms with Crippen molar-refractivity contribution < 1.29 is 4.79 Å². The Balaban J connectivity index is 1.51. The molecule has 1 fully saturated rings. The minimum Gasteiger partial charge on any atom is -0.329 e. The lowest BCUT2D eigenvalue weighted by Gasteiger charge is -2.09. The zero-order valence-electron chi connectivity index (χ0n) is 13.6. The molecule has 1 aliphatic rings. The number of pyridine rings is 1. The van der Waals surface area contributed by atoms with Crippen LogP contribution in [0.3, 0.4) is 0 Å². The maximum atomic E-state index is 12.4. The monoisotopic (exact) mass is 323 g/mol. The number of aromatic nitrogens is 3. The standard InChI is InChI=1S/C18H21N5O/c19-8-3-4-14-6-7-15(10-14)18(24)22-17-12-23(13-21-17)11-16-5-1-2-9-20-16/h1-2,5,9,12-15H,3-4,6-7,10-11H2,(H,22,24)/t14?,15-/m0/s1. The molecular weight excluding hydrogens is 302 g/mol. The average Bonchev–Trinajstić information content (AvgIpc) is 3.23. The number of hydrogen-bond acceptors (Lipinski definition) is 4. The van der Waals surface area contributed by atoms with Gasteiger partial charge in [-0.2, -0.15) is 5.26 Å². The molecule has 0 bridgehead atoms. The van der Waals surface area contributed by atoms with Crippen LogP contribution in [0.15, 0.2) is 36.9 Å². The second kappa shape index (κ2) is 7.73. The van der Waals surface area contributed by atoms with Crippen molar-refractivity contribution in [3.05, 3.63) is 42.6 Å². The minimum absolute atomic E-state index is 0.0367. The molecule has 1 aliphatic carbocycles. The summed E-state index contributed by atoms with van der Waals surface area (Å²) in [4.78, 5) is 20.9. The SMILES string of the molecule is N#CCCC1CC[C@H](C(=O)Nc2cn(Cc3ccccn3)cn2)C1. The van der Waals surface area contributed by atoms with Crippen molar-refractivity contribution in [1.29, 1.82) is 5.26 Å². The molecule has 0 aromatic carbocycles. The molecule has 6 nitrogen and oxygen atoms in total. The van der Waals surface area contributed by atoms with E-state index in [0.717, 1.165) is 31.4 Å². The molecule has 6 heteroatoms. The average molecular weight is 323 g/mol. The van der Waals surface area contributed by atoms with Crippen molar-refractivity contribution in [1.82, 2.24) is 14.5 Å². The van der Waals surface area contributed by atoms with E-state index >= 15 is 0 Å². The fraction of sp³-hybridized carbons (Fsp3) is 0.444. The fourth-order valence-corrected chi connectivity index (χ4v) is 3.26. The fourth-order valence-electron chi connectivity index (χ4n) is 3.26. The molecule has 24 heavy (non-hydrogen) atoms. The second-order valence-corrected chi connectivity index (χ2v) is 6.31. The van der Waals surface area contributed by atoms with Gasteiger partial charge in [-0.25, -0.2) is 4.98 Å². The van der Waals surface area contributed by atoms with E-state index in [1.54, 1.807) is 12.5 Å². The number of amides is 1. The van der Waals surface area contributed by atoms with Crippen LogP contribution in [0.1, 0.15) is 37.8 Å². The Kier molecular flexibility index (Phi) is 5.22. The molecule has 0 saturated heterocycles. The molecule has 0 aliphatic heterocycles. The number of rotatable bonds is 6. The molecule has 2 atom stereocenters. The zero-order valence-corrected chi connectivity index (χ0v) is 13.6. The Labute approximate surface area is 141 Å². The first-order valence-corrected chi connectivity index (χ1v) is 8.34. The molecule has 3 rings (SSSR count). The van der Waals surface area contributed by atoms with Gasteiger partial charge in [0, 0.05) is 24.7 Å².